The second-order valence-electron chi connectivity index (χ2n) is 7.18. The van der Waals surface area contributed by atoms with Gasteiger partial charge in [0.05, 0.1) is 38.9 Å². The predicted molar refractivity (Wildman–Crippen MR) is 120 cm³/mol. The average Bonchev–Trinajstić information content (AvgIpc) is 3.02. The van der Waals surface area contributed by atoms with Crippen LogP contribution < -0.4 is 4.74 Å². The molecule has 0 radical (unpaired) electrons. The lowest BCUT2D eigenvalue weighted by molar-refractivity contribution is 0.0693. The highest BCUT2D eigenvalue weighted by Gasteiger charge is 2.15. The van der Waals surface area contributed by atoms with Gasteiger partial charge in [-0.2, -0.15) is 0 Å². The fourth-order valence-corrected chi connectivity index (χ4v) is 3.98. The third-order valence-corrected chi connectivity index (χ3v) is 5.60. The van der Waals surface area contributed by atoms with Crippen LogP contribution in [-0.2, 0) is 13.2 Å². The number of aryl methyl sites for hydroxylation is 2. The number of carbonyl (C=O) groups is 1. The Morgan fingerprint density at radius 1 is 1.16 bits per heavy atom. The molecule has 0 aliphatic carbocycles. The topological polar surface area (TPSA) is 77.2 Å². The number of pyridine rings is 1. The summed E-state index contributed by atoms with van der Waals surface area (Å²) in [4.78, 5) is 20.5. The number of aromatic carboxylic acids is 1. The number of carboxylic acid groups (broad SMARTS) is 1. The van der Waals surface area contributed by atoms with Gasteiger partial charge in [-0.25, -0.2) is 9.78 Å². The lowest BCUT2D eigenvalue weighted by Crippen LogP contribution is -2.08. The Balaban J connectivity index is 1.63. The van der Waals surface area contributed by atoms with E-state index in [-0.39, 0.29) is 12.2 Å². The summed E-state index contributed by atoms with van der Waals surface area (Å²) >= 11 is 12.3. The van der Waals surface area contributed by atoms with Crippen molar-refractivity contribution in [3.63, 3.8) is 0 Å². The molecule has 0 aliphatic rings. The Hall–Kier alpha value is -3.09. The zero-order chi connectivity index (χ0) is 22.1. The zero-order valence-corrected chi connectivity index (χ0v) is 18.4. The number of hydrogen-bond acceptors (Lipinski definition) is 4. The lowest BCUT2D eigenvalue weighted by Gasteiger charge is -2.12. The van der Waals surface area contributed by atoms with Crippen molar-refractivity contribution >= 4 is 40.2 Å². The maximum atomic E-state index is 11.6. The summed E-state index contributed by atoms with van der Waals surface area (Å²) < 4.78 is 7.94. The molecule has 0 bridgehead atoms. The number of fused-ring (bicyclic) bond motifs is 1. The molecule has 2 aromatic heterocycles. The highest BCUT2D eigenvalue weighted by Crippen LogP contribution is 2.26. The minimum absolute atomic E-state index is 0.145. The van der Waals surface area contributed by atoms with Crippen molar-refractivity contribution in [2.75, 3.05) is 0 Å². The minimum atomic E-state index is -0.965. The molecule has 0 fully saturated rings. The fourth-order valence-electron chi connectivity index (χ4n) is 3.54. The van der Waals surface area contributed by atoms with Gasteiger partial charge >= 0.3 is 5.97 Å². The Labute approximate surface area is 189 Å². The molecule has 8 heteroatoms. The van der Waals surface area contributed by atoms with Crippen molar-refractivity contribution < 1.29 is 14.6 Å². The number of nitrogens with zero attached hydrogens (tertiary/aromatic N) is 3. The largest absolute Gasteiger partial charge is 0.489 e. The van der Waals surface area contributed by atoms with Crippen LogP contribution in [0.3, 0.4) is 0 Å². The number of hydrogen-bond donors (Lipinski definition) is 1. The molecule has 0 saturated heterocycles. The molecule has 1 N–H and O–H groups in total. The molecule has 0 spiro atoms. The molecule has 2 heterocycles. The van der Waals surface area contributed by atoms with Gasteiger partial charge in [0, 0.05) is 17.8 Å². The van der Waals surface area contributed by atoms with Crippen molar-refractivity contribution in [2.24, 2.45) is 0 Å². The van der Waals surface area contributed by atoms with E-state index in [0.717, 1.165) is 16.9 Å². The summed E-state index contributed by atoms with van der Waals surface area (Å²) in [5.74, 6) is 0.460. The molecule has 0 aliphatic heterocycles. The zero-order valence-electron chi connectivity index (χ0n) is 16.9. The Morgan fingerprint density at radius 3 is 2.71 bits per heavy atom. The molecule has 0 amide bonds. The van der Waals surface area contributed by atoms with Gasteiger partial charge in [-0.15, -0.1) is 0 Å². The number of imidazole rings is 1. The highest BCUT2D eigenvalue weighted by atomic mass is 35.5. The van der Waals surface area contributed by atoms with E-state index in [9.17, 15) is 9.90 Å². The SMILES string of the molecule is Cc1cccc(COc2ccc3nc(C)n(Cc4ncc(Cl)cc4Cl)c3c2)c1C(=O)O. The Morgan fingerprint density at radius 2 is 1.97 bits per heavy atom. The second-order valence-corrected chi connectivity index (χ2v) is 8.02. The van der Waals surface area contributed by atoms with E-state index >= 15 is 0 Å². The minimum Gasteiger partial charge on any atom is -0.489 e. The Kier molecular flexibility index (Phi) is 5.85. The predicted octanol–water partition coefficient (Wildman–Crippen LogP) is 5.68. The second kappa shape index (κ2) is 8.57. The van der Waals surface area contributed by atoms with Gasteiger partial charge in [0.1, 0.15) is 18.2 Å². The molecule has 31 heavy (non-hydrogen) atoms. The third kappa shape index (κ3) is 4.36. The summed E-state index contributed by atoms with van der Waals surface area (Å²) in [5.41, 5.74) is 3.96. The van der Waals surface area contributed by atoms with Crippen LogP contribution in [0.4, 0.5) is 0 Å². The number of carboxylic acids is 1. The fraction of sp³-hybridized carbons (Fsp3) is 0.174. The van der Waals surface area contributed by atoms with Crippen molar-refractivity contribution in [2.45, 2.75) is 27.0 Å². The van der Waals surface area contributed by atoms with Crippen LogP contribution in [0.25, 0.3) is 11.0 Å². The van der Waals surface area contributed by atoms with Crippen LogP contribution in [-0.4, -0.2) is 25.6 Å². The smallest absolute Gasteiger partial charge is 0.336 e. The molecular weight excluding hydrogens is 437 g/mol. The van der Waals surface area contributed by atoms with Crippen molar-refractivity contribution in [3.05, 3.63) is 86.9 Å². The molecule has 0 atom stereocenters. The number of halogens is 2. The van der Waals surface area contributed by atoms with E-state index < -0.39 is 5.97 Å². The molecule has 0 saturated carbocycles. The van der Waals surface area contributed by atoms with Crippen LogP contribution in [0.5, 0.6) is 5.75 Å². The molecule has 4 aromatic rings. The molecule has 2 aromatic carbocycles. The first kappa shape index (κ1) is 21.2. The van der Waals surface area contributed by atoms with E-state index in [1.807, 2.05) is 35.8 Å². The number of ether oxygens (including phenoxy) is 1. The standard InChI is InChI=1S/C23H19Cl2N3O3/c1-13-4-3-5-15(22(13)23(29)30)12-31-17-6-7-19-21(9-17)28(14(2)27-19)11-20-18(25)8-16(24)10-26-20/h3-10H,11-12H2,1-2H3,(H,29,30). The Bertz CT molecular complexity index is 1300. The van der Waals surface area contributed by atoms with Crippen LogP contribution in [0.1, 0.15) is 33.0 Å². The van der Waals surface area contributed by atoms with Gasteiger partial charge in [-0.05, 0) is 37.6 Å². The first-order valence-electron chi connectivity index (χ1n) is 9.55. The molecule has 0 unspecified atom stereocenters. The maximum absolute atomic E-state index is 11.6. The van der Waals surface area contributed by atoms with Crippen LogP contribution in [0.15, 0.2) is 48.7 Å². The van der Waals surface area contributed by atoms with Gasteiger partial charge in [0.2, 0.25) is 0 Å². The lowest BCUT2D eigenvalue weighted by atomic mass is 10.0. The molecular formula is C23H19Cl2N3O3. The van der Waals surface area contributed by atoms with Crippen molar-refractivity contribution in [1.82, 2.24) is 14.5 Å². The first-order chi connectivity index (χ1) is 14.8. The summed E-state index contributed by atoms with van der Waals surface area (Å²) in [6, 6.07) is 12.6. The first-order valence-corrected chi connectivity index (χ1v) is 10.3. The number of benzene rings is 2. The quantitative estimate of drug-likeness (QED) is 0.404. The van der Waals surface area contributed by atoms with Gasteiger partial charge < -0.3 is 14.4 Å². The van der Waals surface area contributed by atoms with E-state index in [1.165, 1.54) is 0 Å². The van der Waals surface area contributed by atoms with Gasteiger partial charge in [0.25, 0.3) is 0 Å². The number of aromatic nitrogens is 3. The average molecular weight is 456 g/mol. The van der Waals surface area contributed by atoms with E-state index in [1.54, 1.807) is 31.3 Å². The summed E-state index contributed by atoms with van der Waals surface area (Å²) in [6.45, 7) is 4.27. The normalized spacial score (nSPS) is 11.1. The van der Waals surface area contributed by atoms with Gasteiger partial charge in [-0.1, -0.05) is 41.4 Å². The van der Waals surface area contributed by atoms with E-state index in [0.29, 0.717) is 39.2 Å². The molecule has 4 rings (SSSR count). The van der Waals surface area contributed by atoms with E-state index in [2.05, 4.69) is 9.97 Å². The van der Waals surface area contributed by atoms with Crippen LogP contribution >= 0.6 is 23.2 Å². The molecule has 6 nitrogen and oxygen atoms in total. The maximum Gasteiger partial charge on any atom is 0.336 e. The number of rotatable bonds is 6. The monoisotopic (exact) mass is 455 g/mol. The van der Waals surface area contributed by atoms with Gasteiger partial charge in [0.15, 0.2) is 0 Å². The van der Waals surface area contributed by atoms with E-state index in [4.69, 9.17) is 27.9 Å². The third-order valence-electron chi connectivity index (χ3n) is 5.07. The molecule has 158 valence electrons. The summed E-state index contributed by atoms with van der Waals surface area (Å²) in [6.07, 6.45) is 1.56. The summed E-state index contributed by atoms with van der Waals surface area (Å²) in [5, 5.41) is 10.5. The van der Waals surface area contributed by atoms with Gasteiger partial charge in [-0.3, -0.25) is 4.98 Å². The van der Waals surface area contributed by atoms with Crippen molar-refractivity contribution in [3.8, 4) is 5.75 Å². The van der Waals surface area contributed by atoms with Crippen LogP contribution in [0, 0.1) is 13.8 Å². The van der Waals surface area contributed by atoms with Crippen molar-refractivity contribution in [1.29, 1.82) is 0 Å². The highest BCUT2D eigenvalue weighted by molar-refractivity contribution is 6.34. The van der Waals surface area contributed by atoms with Crippen LogP contribution in [0.2, 0.25) is 10.0 Å². The summed E-state index contributed by atoms with van der Waals surface area (Å²) in [7, 11) is 0.